The van der Waals surface area contributed by atoms with E-state index in [2.05, 4.69) is 24.3 Å². The number of halogens is 1. The highest BCUT2D eigenvalue weighted by Crippen LogP contribution is 2.43. The Morgan fingerprint density at radius 1 is 1.29 bits per heavy atom. The van der Waals surface area contributed by atoms with Gasteiger partial charge in [-0.1, -0.05) is 24.6 Å². The molecule has 0 spiro atoms. The standard InChI is InChI=1S/C15H19ClS/c16-14(11-8-9-11)6-3-4-12-10-17-15-7-2-1-5-13(12)15/h1-2,5,7,11-12,14H,3-4,6,8-10H2. The largest absolute Gasteiger partial charge is 0.125 e. The van der Waals surface area contributed by atoms with E-state index in [1.165, 1.54) is 42.8 Å². The Balaban J connectivity index is 1.50. The molecule has 1 heterocycles. The molecule has 1 aromatic carbocycles. The van der Waals surface area contributed by atoms with Crippen molar-refractivity contribution in [3.63, 3.8) is 0 Å². The van der Waals surface area contributed by atoms with Crippen LogP contribution in [0, 0.1) is 5.92 Å². The number of benzene rings is 1. The van der Waals surface area contributed by atoms with Gasteiger partial charge >= 0.3 is 0 Å². The van der Waals surface area contributed by atoms with Gasteiger partial charge in [0.1, 0.15) is 0 Å². The van der Waals surface area contributed by atoms with Gasteiger partial charge in [0.15, 0.2) is 0 Å². The number of fused-ring (bicyclic) bond motifs is 1. The molecule has 0 amide bonds. The van der Waals surface area contributed by atoms with E-state index in [0.29, 0.717) is 5.38 Å². The van der Waals surface area contributed by atoms with E-state index in [0.717, 1.165) is 11.8 Å². The molecule has 0 nitrogen and oxygen atoms in total. The lowest BCUT2D eigenvalue weighted by Crippen LogP contribution is -2.03. The van der Waals surface area contributed by atoms with E-state index in [9.17, 15) is 0 Å². The number of hydrogen-bond acceptors (Lipinski definition) is 1. The van der Waals surface area contributed by atoms with Gasteiger partial charge < -0.3 is 0 Å². The molecule has 1 saturated carbocycles. The fourth-order valence-corrected chi connectivity index (χ4v) is 4.43. The van der Waals surface area contributed by atoms with Crippen LogP contribution in [0.25, 0.3) is 0 Å². The molecule has 2 atom stereocenters. The molecule has 1 aliphatic heterocycles. The van der Waals surface area contributed by atoms with Crippen LogP contribution in [0.15, 0.2) is 29.2 Å². The molecular weight excluding hydrogens is 248 g/mol. The minimum Gasteiger partial charge on any atom is -0.125 e. The van der Waals surface area contributed by atoms with E-state index in [1.807, 2.05) is 11.8 Å². The molecule has 1 aromatic rings. The Morgan fingerprint density at radius 2 is 2.12 bits per heavy atom. The minimum absolute atomic E-state index is 0.458. The first-order valence-electron chi connectivity index (χ1n) is 6.70. The van der Waals surface area contributed by atoms with Crippen molar-refractivity contribution in [1.82, 2.24) is 0 Å². The topological polar surface area (TPSA) is 0 Å². The van der Waals surface area contributed by atoms with Crippen molar-refractivity contribution >= 4 is 23.4 Å². The monoisotopic (exact) mass is 266 g/mol. The van der Waals surface area contributed by atoms with Gasteiger partial charge in [0.05, 0.1) is 0 Å². The Morgan fingerprint density at radius 3 is 2.94 bits per heavy atom. The summed E-state index contributed by atoms with van der Waals surface area (Å²) in [6.07, 6.45) is 6.58. The summed E-state index contributed by atoms with van der Waals surface area (Å²) in [5.74, 6) is 2.90. The Bertz CT molecular complexity index is 386. The molecule has 3 rings (SSSR count). The van der Waals surface area contributed by atoms with Crippen LogP contribution < -0.4 is 0 Å². The van der Waals surface area contributed by atoms with Gasteiger partial charge in [0.25, 0.3) is 0 Å². The maximum atomic E-state index is 6.36. The molecule has 1 fully saturated rings. The number of thioether (sulfide) groups is 1. The van der Waals surface area contributed by atoms with Crippen LogP contribution in [0.1, 0.15) is 43.6 Å². The maximum Gasteiger partial charge on any atom is 0.0364 e. The molecule has 0 N–H and O–H groups in total. The van der Waals surface area contributed by atoms with Crippen molar-refractivity contribution in [2.75, 3.05) is 5.75 Å². The predicted molar refractivity (Wildman–Crippen MR) is 76.1 cm³/mol. The maximum absolute atomic E-state index is 6.36. The molecule has 2 heteroatoms. The van der Waals surface area contributed by atoms with Gasteiger partial charge in [-0.05, 0) is 49.1 Å². The summed E-state index contributed by atoms with van der Waals surface area (Å²) < 4.78 is 0. The van der Waals surface area contributed by atoms with Crippen molar-refractivity contribution in [2.45, 2.75) is 48.3 Å². The van der Waals surface area contributed by atoms with Crippen molar-refractivity contribution < 1.29 is 0 Å². The van der Waals surface area contributed by atoms with E-state index < -0.39 is 0 Å². The highest BCUT2D eigenvalue weighted by Gasteiger charge is 2.29. The summed E-state index contributed by atoms with van der Waals surface area (Å²) in [5.41, 5.74) is 1.58. The SMILES string of the molecule is ClC(CCCC1CSc2ccccc21)C1CC1. The normalized spacial score (nSPS) is 24.6. The molecule has 0 radical (unpaired) electrons. The predicted octanol–water partition coefficient (Wildman–Crippen LogP) is 5.06. The van der Waals surface area contributed by atoms with Gasteiger partial charge in [0, 0.05) is 16.0 Å². The molecule has 92 valence electrons. The second-order valence-corrected chi connectivity index (χ2v) is 6.95. The van der Waals surface area contributed by atoms with Crippen molar-refractivity contribution in [2.24, 2.45) is 5.92 Å². The summed E-state index contributed by atoms with van der Waals surface area (Å²) in [6.45, 7) is 0. The molecule has 1 aliphatic carbocycles. The van der Waals surface area contributed by atoms with Crippen LogP contribution in [0.4, 0.5) is 0 Å². The summed E-state index contributed by atoms with van der Waals surface area (Å²) >= 11 is 8.38. The Hall–Kier alpha value is -0.140. The second kappa shape index (κ2) is 5.24. The third-order valence-corrected chi connectivity index (χ3v) is 5.79. The van der Waals surface area contributed by atoms with Gasteiger partial charge in [-0.2, -0.15) is 0 Å². The molecular formula is C15H19ClS. The lowest BCUT2D eigenvalue weighted by molar-refractivity contribution is 0.572. The average Bonchev–Trinajstić information content (AvgIpc) is 3.12. The molecule has 17 heavy (non-hydrogen) atoms. The van der Waals surface area contributed by atoms with Crippen molar-refractivity contribution in [1.29, 1.82) is 0 Å². The van der Waals surface area contributed by atoms with Gasteiger partial charge in [-0.3, -0.25) is 0 Å². The summed E-state index contributed by atoms with van der Waals surface area (Å²) in [5, 5.41) is 0.458. The van der Waals surface area contributed by atoms with Gasteiger partial charge in [0.2, 0.25) is 0 Å². The van der Waals surface area contributed by atoms with E-state index in [4.69, 9.17) is 11.6 Å². The number of hydrogen-bond donors (Lipinski definition) is 0. The van der Waals surface area contributed by atoms with Crippen LogP contribution in [0.2, 0.25) is 0 Å². The van der Waals surface area contributed by atoms with Crippen LogP contribution in [-0.4, -0.2) is 11.1 Å². The van der Waals surface area contributed by atoms with E-state index in [1.54, 1.807) is 5.56 Å². The number of rotatable bonds is 5. The Labute approximate surface area is 113 Å². The molecule has 2 unspecified atom stereocenters. The summed E-state index contributed by atoms with van der Waals surface area (Å²) in [7, 11) is 0. The van der Waals surface area contributed by atoms with Crippen LogP contribution in [0.3, 0.4) is 0 Å². The van der Waals surface area contributed by atoms with E-state index >= 15 is 0 Å². The summed E-state index contributed by atoms with van der Waals surface area (Å²) in [4.78, 5) is 1.50. The zero-order chi connectivity index (χ0) is 11.7. The van der Waals surface area contributed by atoms with Gasteiger partial charge in [-0.15, -0.1) is 23.4 Å². The quantitative estimate of drug-likeness (QED) is 0.671. The van der Waals surface area contributed by atoms with Crippen LogP contribution >= 0.6 is 23.4 Å². The average molecular weight is 267 g/mol. The molecule has 0 bridgehead atoms. The molecule has 0 aromatic heterocycles. The molecule has 2 aliphatic rings. The smallest absolute Gasteiger partial charge is 0.0364 e. The first-order valence-corrected chi connectivity index (χ1v) is 8.12. The van der Waals surface area contributed by atoms with Gasteiger partial charge in [-0.25, -0.2) is 0 Å². The van der Waals surface area contributed by atoms with Crippen LogP contribution in [0.5, 0.6) is 0 Å². The highest BCUT2D eigenvalue weighted by atomic mass is 35.5. The zero-order valence-electron chi connectivity index (χ0n) is 10.1. The number of alkyl halides is 1. The van der Waals surface area contributed by atoms with Crippen molar-refractivity contribution in [3.05, 3.63) is 29.8 Å². The van der Waals surface area contributed by atoms with Crippen molar-refractivity contribution in [3.8, 4) is 0 Å². The lowest BCUT2D eigenvalue weighted by Gasteiger charge is -2.12. The lowest BCUT2D eigenvalue weighted by atomic mass is 9.95. The highest BCUT2D eigenvalue weighted by molar-refractivity contribution is 7.99. The van der Waals surface area contributed by atoms with E-state index in [-0.39, 0.29) is 0 Å². The zero-order valence-corrected chi connectivity index (χ0v) is 11.6. The molecule has 0 saturated heterocycles. The summed E-state index contributed by atoms with van der Waals surface area (Å²) in [6, 6.07) is 8.88. The fraction of sp³-hybridized carbons (Fsp3) is 0.600. The van der Waals surface area contributed by atoms with Crippen LogP contribution in [-0.2, 0) is 0 Å². The fourth-order valence-electron chi connectivity index (χ4n) is 2.72. The third kappa shape index (κ3) is 2.82. The first-order chi connectivity index (χ1) is 8.34. The third-order valence-electron chi connectivity index (χ3n) is 3.96. The first kappa shape index (κ1) is 11.9. The Kier molecular flexibility index (Phi) is 3.67. The second-order valence-electron chi connectivity index (χ2n) is 5.33. The minimum atomic E-state index is 0.458.